The molecule has 1 N–H and O–H groups in total. The van der Waals surface area contributed by atoms with Gasteiger partial charge in [0.1, 0.15) is 6.04 Å². The molecule has 102 valence electrons. The average Bonchev–Trinajstić information content (AvgIpc) is 2.43. The number of methoxy groups -OCH3 is 1. The van der Waals surface area contributed by atoms with Crippen molar-refractivity contribution in [3.8, 4) is 0 Å². The van der Waals surface area contributed by atoms with Gasteiger partial charge in [0.15, 0.2) is 0 Å². The number of rotatable bonds is 7. The minimum absolute atomic E-state index is 0.342. The first kappa shape index (κ1) is 15.5. The molecular formula is C12H15BrN4O2. The Morgan fingerprint density at radius 3 is 2.79 bits per heavy atom. The first-order valence-corrected chi connectivity index (χ1v) is 6.56. The van der Waals surface area contributed by atoms with E-state index in [0.29, 0.717) is 19.5 Å². The van der Waals surface area contributed by atoms with Crippen LogP contribution in [0.5, 0.6) is 0 Å². The van der Waals surface area contributed by atoms with Crippen LogP contribution in [0.4, 0.5) is 0 Å². The Kier molecular flexibility index (Phi) is 6.95. The van der Waals surface area contributed by atoms with Gasteiger partial charge in [0, 0.05) is 15.9 Å². The highest BCUT2D eigenvalue weighted by atomic mass is 79.9. The van der Waals surface area contributed by atoms with E-state index in [2.05, 4.69) is 31.3 Å². The molecule has 0 aromatic heterocycles. The number of esters is 1. The largest absolute Gasteiger partial charge is 0.468 e. The van der Waals surface area contributed by atoms with Gasteiger partial charge in [-0.05, 0) is 36.2 Å². The Balaban J connectivity index is 2.64. The summed E-state index contributed by atoms with van der Waals surface area (Å²) in [5, 5.41) is 6.53. The second-order valence-corrected chi connectivity index (χ2v) is 4.69. The Labute approximate surface area is 119 Å². The van der Waals surface area contributed by atoms with Gasteiger partial charge in [0.2, 0.25) is 0 Å². The number of benzene rings is 1. The van der Waals surface area contributed by atoms with Gasteiger partial charge >= 0.3 is 5.97 Å². The third kappa shape index (κ3) is 5.30. The lowest BCUT2D eigenvalue weighted by Gasteiger charge is -2.16. The van der Waals surface area contributed by atoms with Gasteiger partial charge in [-0.3, -0.25) is 0 Å². The molecule has 0 amide bonds. The number of hydrogen-bond acceptors (Lipinski definition) is 4. The molecule has 0 saturated carbocycles. The van der Waals surface area contributed by atoms with Gasteiger partial charge in [-0.1, -0.05) is 33.2 Å². The number of nitrogens with zero attached hydrogens (tertiary/aromatic N) is 3. The predicted octanol–water partition coefficient (Wildman–Crippen LogP) is 2.95. The molecule has 0 aliphatic rings. The monoisotopic (exact) mass is 326 g/mol. The van der Waals surface area contributed by atoms with Crippen molar-refractivity contribution in [2.45, 2.75) is 12.5 Å². The number of halogens is 1. The maximum atomic E-state index is 11.7. The Morgan fingerprint density at radius 2 is 2.21 bits per heavy atom. The Hall–Kier alpha value is -1.56. The standard InChI is InChI=1S/C12H15BrN4O2/c1-19-12(18)11(15-7-2-8-16-17-14)9-3-5-10(13)6-4-9/h3-6,11,15H,2,7-8H2,1H3. The third-order valence-corrected chi connectivity index (χ3v) is 3.02. The summed E-state index contributed by atoms with van der Waals surface area (Å²) in [5.74, 6) is -0.342. The van der Waals surface area contributed by atoms with Crippen molar-refractivity contribution in [3.63, 3.8) is 0 Å². The van der Waals surface area contributed by atoms with Gasteiger partial charge in [-0.15, -0.1) is 0 Å². The molecule has 6 nitrogen and oxygen atoms in total. The molecule has 0 radical (unpaired) electrons. The highest BCUT2D eigenvalue weighted by Gasteiger charge is 2.20. The average molecular weight is 327 g/mol. The molecule has 1 aromatic carbocycles. The summed E-state index contributed by atoms with van der Waals surface area (Å²) in [7, 11) is 1.36. The van der Waals surface area contributed by atoms with Gasteiger partial charge in [-0.25, -0.2) is 4.79 Å². The fourth-order valence-electron chi connectivity index (χ4n) is 1.55. The molecule has 19 heavy (non-hydrogen) atoms. The van der Waals surface area contributed by atoms with Crippen LogP contribution in [0.25, 0.3) is 10.4 Å². The van der Waals surface area contributed by atoms with Gasteiger partial charge in [0.05, 0.1) is 7.11 Å². The maximum absolute atomic E-state index is 11.7. The van der Waals surface area contributed by atoms with Gasteiger partial charge in [0.25, 0.3) is 0 Å². The first-order chi connectivity index (χ1) is 9.19. The fraction of sp³-hybridized carbons (Fsp3) is 0.417. The molecule has 1 rings (SSSR count). The minimum atomic E-state index is -0.510. The summed E-state index contributed by atoms with van der Waals surface area (Å²) in [6, 6.07) is 6.93. The summed E-state index contributed by atoms with van der Waals surface area (Å²) < 4.78 is 5.73. The van der Waals surface area contributed by atoms with Crippen LogP contribution in [0.3, 0.4) is 0 Å². The molecule has 1 aromatic rings. The van der Waals surface area contributed by atoms with Crippen molar-refractivity contribution in [2.24, 2.45) is 5.11 Å². The first-order valence-electron chi connectivity index (χ1n) is 5.76. The topological polar surface area (TPSA) is 87.1 Å². The van der Waals surface area contributed by atoms with Crippen LogP contribution in [0.1, 0.15) is 18.0 Å². The van der Waals surface area contributed by atoms with Gasteiger partial charge < -0.3 is 10.1 Å². The van der Waals surface area contributed by atoms with Crippen LogP contribution in [-0.2, 0) is 9.53 Å². The second kappa shape index (κ2) is 8.53. The van der Waals surface area contributed by atoms with E-state index in [0.717, 1.165) is 10.0 Å². The summed E-state index contributed by atoms with van der Waals surface area (Å²) >= 11 is 3.35. The van der Waals surface area contributed by atoms with Crippen LogP contribution < -0.4 is 5.32 Å². The van der Waals surface area contributed by atoms with Gasteiger partial charge in [-0.2, -0.15) is 0 Å². The predicted molar refractivity (Wildman–Crippen MR) is 75.5 cm³/mol. The molecule has 7 heteroatoms. The van der Waals surface area contributed by atoms with E-state index in [1.165, 1.54) is 7.11 Å². The second-order valence-electron chi connectivity index (χ2n) is 3.77. The number of azide groups is 1. The van der Waals surface area contributed by atoms with E-state index in [-0.39, 0.29) is 5.97 Å². The quantitative estimate of drug-likeness (QED) is 0.275. The van der Waals surface area contributed by atoms with E-state index >= 15 is 0 Å². The lowest BCUT2D eigenvalue weighted by molar-refractivity contribution is -0.143. The third-order valence-electron chi connectivity index (χ3n) is 2.49. The maximum Gasteiger partial charge on any atom is 0.327 e. The Bertz CT molecular complexity index is 457. The van der Waals surface area contributed by atoms with Crippen molar-refractivity contribution in [1.82, 2.24) is 5.32 Å². The van der Waals surface area contributed by atoms with Crippen molar-refractivity contribution < 1.29 is 9.53 Å². The molecule has 1 atom stereocenters. The molecule has 0 saturated heterocycles. The summed E-state index contributed by atoms with van der Waals surface area (Å²) in [6.45, 7) is 0.965. The van der Waals surface area contributed by atoms with E-state index in [1.54, 1.807) is 0 Å². The van der Waals surface area contributed by atoms with E-state index in [1.807, 2.05) is 24.3 Å². The van der Waals surface area contributed by atoms with Crippen molar-refractivity contribution in [2.75, 3.05) is 20.2 Å². The molecule has 0 spiro atoms. The molecule has 0 heterocycles. The zero-order valence-electron chi connectivity index (χ0n) is 10.5. The molecule has 0 aliphatic carbocycles. The number of carbonyl (C=O) groups is 1. The van der Waals surface area contributed by atoms with Crippen LogP contribution in [0.15, 0.2) is 33.9 Å². The van der Waals surface area contributed by atoms with Crippen molar-refractivity contribution in [3.05, 3.63) is 44.7 Å². The van der Waals surface area contributed by atoms with Crippen LogP contribution in [-0.4, -0.2) is 26.2 Å². The normalized spacial score (nSPS) is 11.5. The number of ether oxygens (including phenoxy) is 1. The summed E-state index contributed by atoms with van der Waals surface area (Å²) in [4.78, 5) is 14.4. The lowest BCUT2D eigenvalue weighted by atomic mass is 10.1. The molecule has 0 aliphatic heterocycles. The summed E-state index contributed by atoms with van der Waals surface area (Å²) in [6.07, 6.45) is 0.661. The number of carbonyl (C=O) groups excluding carboxylic acids is 1. The van der Waals surface area contributed by atoms with Crippen molar-refractivity contribution in [1.29, 1.82) is 0 Å². The van der Waals surface area contributed by atoms with Crippen LogP contribution >= 0.6 is 15.9 Å². The van der Waals surface area contributed by atoms with Crippen LogP contribution in [0.2, 0.25) is 0 Å². The van der Waals surface area contributed by atoms with Crippen molar-refractivity contribution >= 4 is 21.9 Å². The zero-order valence-corrected chi connectivity index (χ0v) is 12.1. The number of hydrogen-bond donors (Lipinski definition) is 1. The minimum Gasteiger partial charge on any atom is -0.468 e. The molecule has 0 bridgehead atoms. The Morgan fingerprint density at radius 1 is 1.53 bits per heavy atom. The van der Waals surface area contributed by atoms with E-state index in [9.17, 15) is 4.79 Å². The summed E-state index contributed by atoms with van der Waals surface area (Å²) in [5.41, 5.74) is 9.00. The molecule has 1 unspecified atom stereocenters. The SMILES string of the molecule is COC(=O)C(NCCCN=[N+]=[N-])c1ccc(Br)cc1. The molecule has 0 fully saturated rings. The zero-order chi connectivity index (χ0) is 14.1. The highest BCUT2D eigenvalue weighted by Crippen LogP contribution is 2.18. The highest BCUT2D eigenvalue weighted by molar-refractivity contribution is 9.10. The van der Waals surface area contributed by atoms with E-state index in [4.69, 9.17) is 10.3 Å². The number of nitrogens with one attached hydrogen (secondary N) is 1. The fourth-order valence-corrected chi connectivity index (χ4v) is 1.82. The smallest absolute Gasteiger partial charge is 0.327 e. The van der Waals surface area contributed by atoms with E-state index < -0.39 is 6.04 Å². The lowest BCUT2D eigenvalue weighted by Crippen LogP contribution is -2.30. The molecular weight excluding hydrogens is 312 g/mol. The van der Waals surface area contributed by atoms with Crippen LogP contribution in [0, 0.1) is 0 Å².